The van der Waals surface area contributed by atoms with E-state index in [4.69, 9.17) is 5.84 Å². The molecule has 0 aromatic carbocycles. The number of carbonyl (C=O) groups excluding carboxylic acids is 1. The van der Waals surface area contributed by atoms with Crippen LogP contribution in [0.5, 0.6) is 0 Å². The molecule has 5 heteroatoms. The van der Waals surface area contributed by atoms with Crippen molar-refractivity contribution >= 4 is 6.03 Å². The summed E-state index contributed by atoms with van der Waals surface area (Å²) in [5.41, 5.74) is 2.09. The van der Waals surface area contributed by atoms with Crippen LogP contribution >= 0.6 is 0 Å². The Balaban J connectivity index is 2.24. The molecule has 0 bridgehead atoms. The van der Waals surface area contributed by atoms with Gasteiger partial charge in [-0.05, 0) is 14.1 Å². The first-order valence-electron chi connectivity index (χ1n) is 3.57. The summed E-state index contributed by atoms with van der Waals surface area (Å²) in [6.07, 6.45) is 0. The molecule has 0 aliphatic carbocycles. The molecule has 1 saturated heterocycles. The number of nitrogens with zero attached hydrogens (tertiary/aromatic N) is 2. The molecule has 1 heterocycles. The van der Waals surface area contributed by atoms with Gasteiger partial charge in [-0.1, -0.05) is 0 Å². The van der Waals surface area contributed by atoms with Gasteiger partial charge in [-0.2, -0.15) is 0 Å². The number of likely N-dealkylation sites (tertiary alicyclic amines) is 1. The average Bonchev–Trinajstić information content (AvgIpc) is 1.83. The van der Waals surface area contributed by atoms with Gasteiger partial charge >= 0.3 is 6.03 Å². The van der Waals surface area contributed by atoms with Crippen molar-refractivity contribution in [1.29, 1.82) is 0 Å². The molecular formula is C6H14N4O. The van der Waals surface area contributed by atoms with Gasteiger partial charge in [-0.25, -0.2) is 10.6 Å². The third-order valence-electron chi connectivity index (χ3n) is 2.00. The van der Waals surface area contributed by atoms with Crippen molar-refractivity contribution < 1.29 is 4.79 Å². The van der Waals surface area contributed by atoms with E-state index < -0.39 is 0 Å². The summed E-state index contributed by atoms with van der Waals surface area (Å²) in [5.74, 6) is 4.95. The highest BCUT2D eigenvalue weighted by atomic mass is 16.2. The lowest BCUT2D eigenvalue weighted by Gasteiger charge is -2.42. The molecule has 3 N–H and O–H groups in total. The van der Waals surface area contributed by atoms with E-state index in [1.807, 2.05) is 14.1 Å². The van der Waals surface area contributed by atoms with Crippen molar-refractivity contribution in [1.82, 2.24) is 15.2 Å². The zero-order valence-electron chi connectivity index (χ0n) is 6.87. The number of urea groups is 1. The lowest BCUT2D eigenvalue weighted by atomic mass is 10.1. The third-order valence-corrected chi connectivity index (χ3v) is 2.00. The van der Waals surface area contributed by atoms with Gasteiger partial charge in [0, 0.05) is 19.1 Å². The number of carbonyl (C=O) groups is 1. The molecule has 1 fully saturated rings. The summed E-state index contributed by atoms with van der Waals surface area (Å²) < 4.78 is 0. The van der Waals surface area contributed by atoms with Crippen molar-refractivity contribution in [2.45, 2.75) is 6.04 Å². The van der Waals surface area contributed by atoms with Crippen LogP contribution in [0.25, 0.3) is 0 Å². The van der Waals surface area contributed by atoms with Gasteiger partial charge in [0.2, 0.25) is 0 Å². The van der Waals surface area contributed by atoms with Crippen LogP contribution in [0.15, 0.2) is 0 Å². The molecule has 0 saturated carbocycles. The van der Waals surface area contributed by atoms with Crippen LogP contribution in [0, 0.1) is 0 Å². The molecule has 1 aliphatic heterocycles. The first-order chi connectivity index (χ1) is 5.15. The number of hydrogen-bond acceptors (Lipinski definition) is 3. The van der Waals surface area contributed by atoms with E-state index in [1.165, 1.54) is 0 Å². The van der Waals surface area contributed by atoms with Gasteiger partial charge in [0.25, 0.3) is 0 Å². The summed E-state index contributed by atoms with van der Waals surface area (Å²) >= 11 is 0. The normalized spacial score (nSPS) is 18.4. The number of hydrogen-bond donors (Lipinski definition) is 2. The molecular weight excluding hydrogens is 144 g/mol. The van der Waals surface area contributed by atoms with E-state index in [0.717, 1.165) is 13.1 Å². The number of likely N-dealkylation sites (N-methyl/N-ethyl adjacent to an activating group) is 1. The summed E-state index contributed by atoms with van der Waals surface area (Å²) in [7, 11) is 4.00. The molecule has 64 valence electrons. The predicted octanol–water partition coefficient (Wildman–Crippen LogP) is -1.18. The number of nitrogens with one attached hydrogen (secondary N) is 1. The van der Waals surface area contributed by atoms with E-state index in [9.17, 15) is 4.79 Å². The van der Waals surface area contributed by atoms with Crippen LogP contribution in [-0.4, -0.2) is 49.1 Å². The van der Waals surface area contributed by atoms with Crippen LogP contribution in [0.4, 0.5) is 4.79 Å². The summed E-state index contributed by atoms with van der Waals surface area (Å²) in [6.45, 7) is 1.55. The number of nitrogens with two attached hydrogens (primary N) is 1. The molecule has 2 amide bonds. The Morgan fingerprint density at radius 2 is 2.18 bits per heavy atom. The minimum Gasteiger partial charge on any atom is -0.320 e. The van der Waals surface area contributed by atoms with Crippen LogP contribution < -0.4 is 11.3 Å². The van der Waals surface area contributed by atoms with Gasteiger partial charge in [-0.3, -0.25) is 5.43 Å². The molecule has 0 unspecified atom stereocenters. The first-order valence-corrected chi connectivity index (χ1v) is 3.57. The highest BCUT2D eigenvalue weighted by Crippen LogP contribution is 2.11. The maximum Gasteiger partial charge on any atom is 0.331 e. The number of rotatable bonds is 1. The number of amides is 2. The largest absolute Gasteiger partial charge is 0.331 e. The maximum absolute atomic E-state index is 10.8. The number of hydrazine groups is 1. The maximum atomic E-state index is 10.8. The Morgan fingerprint density at radius 3 is 2.55 bits per heavy atom. The molecule has 1 rings (SSSR count). The lowest BCUT2D eigenvalue weighted by Crippen LogP contribution is -2.62. The Morgan fingerprint density at radius 1 is 1.64 bits per heavy atom. The topological polar surface area (TPSA) is 61.6 Å². The first kappa shape index (κ1) is 8.29. The van der Waals surface area contributed by atoms with E-state index in [2.05, 4.69) is 10.3 Å². The van der Waals surface area contributed by atoms with Crippen molar-refractivity contribution in [3.8, 4) is 0 Å². The highest BCUT2D eigenvalue weighted by molar-refractivity contribution is 5.74. The second-order valence-corrected chi connectivity index (χ2v) is 2.97. The van der Waals surface area contributed by atoms with Crippen LogP contribution in [0.2, 0.25) is 0 Å². The van der Waals surface area contributed by atoms with Gasteiger partial charge in [0.05, 0.1) is 0 Å². The molecule has 0 radical (unpaired) electrons. The highest BCUT2D eigenvalue weighted by Gasteiger charge is 2.31. The quantitative estimate of drug-likeness (QED) is 0.287. The summed E-state index contributed by atoms with van der Waals surface area (Å²) in [4.78, 5) is 14.6. The van der Waals surface area contributed by atoms with Gasteiger partial charge in [0.15, 0.2) is 0 Å². The van der Waals surface area contributed by atoms with Crippen molar-refractivity contribution in [2.75, 3.05) is 27.2 Å². The fourth-order valence-corrected chi connectivity index (χ4v) is 1.04. The van der Waals surface area contributed by atoms with E-state index in [-0.39, 0.29) is 6.03 Å². The van der Waals surface area contributed by atoms with Crippen molar-refractivity contribution in [3.05, 3.63) is 0 Å². The lowest BCUT2D eigenvalue weighted by molar-refractivity contribution is 0.0873. The third kappa shape index (κ3) is 1.61. The smallest absolute Gasteiger partial charge is 0.320 e. The van der Waals surface area contributed by atoms with Crippen LogP contribution in [0.1, 0.15) is 0 Å². The Hall–Kier alpha value is -0.810. The second-order valence-electron chi connectivity index (χ2n) is 2.97. The molecule has 0 spiro atoms. The molecule has 0 aromatic rings. The second kappa shape index (κ2) is 3.06. The Bertz CT molecular complexity index is 153. The van der Waals surface area contributed by atoms with Gasteiger partial charge in [-0.15, -0.1) is 0 Å². The molecule has 5 nitrogen and oxygen atoms in total. The fraction of sp³-hybridized carbons (Fsp3) is 0.833. The van der Waals surface area contributed by atoms with Crippen molar-refractivity contribution in [2.24, 2.45) is 5.84 Å². The molecule has 0 atom stereocenters. The Kier molecular flexibility index (Phi) is 2.31. The zero-order valence-corrected chi connectivity index (χ0v) is 6.87. The zero-order chi connectivity index (χ0) is 8.43. The Labute approximate surface area is 66.1 Å². The molecule has 1 aliphatic rings. The molecule has 0 aromatic heterocycles. The van der Waals surface area contributed by atoms with E-state index in [0.29, 0.717) is 6.04 Å². The van der Waals surface area contributed by atoms with Gasteiger partial charge in [0.1, 0.15) is 0 Å². The van der Waals surface area contributed by atoms with Crippen LogP contribution in [-0.2, 0) is 0 Å². The van der Waals surface area contributed by atoms with Gasteiger partial charge < -0.3 is 9.80 Å². The summed E-state index contributed by atoms with van der Waals surface area (Å²) in [6, 6.07) is 0.301. The minimum atomic E-state index is -0.192. The average molecular weight is 158 g/mol. The standard InChI is InChI=1S/C6H14N4O/c1-9(2)5-3-10(4-5)6(11)8-7/h5H,3-4,7H2,1-2H3,(H,8,11). The predicted molar refractivity (Wildman–Crippen MR) is 41.8 cm³/mol. The van der Waals surface area contributed by atoms with Crippen LogP contribution in [0.3, 0.4) is 0 Å². The monoisotopic (exact) mass is 158 g/mol. The molecule has 11 heavy (non-hydrogen) atoms. The van der Waals surface area contributed by atoms with E-state index in [1.54, 1.807) is 4.90 Å². The SMILES string of the molecule is CN(C)C1CN(C(=O)NN)C1. The summed E-state index contributed by atoms with van der Waals surface area (Å²) in [5, 5.41) is 0. The minimum absolute atomic E-state index is 0.192. The van der Waals surface area contributed by atoms with E-state index >= 15 is 0 Å². The van der Waals surface area contributed by atoms with Crippen molar-refractivity contribution in [3.63, 3.8) is 0 Å². The fourth-order valence-electron chi connectivity index (χ4n) is 1.04.